The first-order valence-electron chi connectivity index (χ1n) is 6.21. The van der Waals surface area contributed by atoms with Crippen LogP contribution < -0.4 is 10.1 Å². The maximum atomic E-state index is 10.2. The number of nitrogens with one attached hydrogen (secondary N) is 1. The molecule has 2 aromatic carbocycles. The van der Waals surface area contributed by atoms with E-state index < -0.39 is 6.10 Å². The minimum Gasteiger partial charge on any atom is -0.495 e. The molecule has 0 saturated carbocycles. The summed E-state index contributed by atoms with van der Waals surface area (Å²) in [5.74, 6) is 0.642. The van der Waals surface area contributed by atoms with Gasteiger partial charge < -0.3 is 15.2 Å². The Balaban J connectivity index is 2.12. The van der Waals surface area contributed by atoms with Crippen molar-refractivity contribution >= 4 is 40.5 Å². The Morgan fingerprint density at radius 2 is 1.76 bits per heavy atom. The number of aliphatic hydroxyl groups excluding tert-OH is 1. The predicted molar refractivity (Wildman–Crippen MR) is 87.9 cm³/mol. The van der Waals surface area contributed by atoms with Crippen molar-refractivity contribution < 1.29 is 9.84 Å². The summed E-state index contributed by atoms with van der Waals surface area (Å²) in [5, 5.41) is 14.9. The number of halogens is 3. The van der Waals surface area contributed by atoms with Crippen molar-refractivity contribution in [3.63, 3.8) is 0 Å². The van der Waals surface area contributed by atoms with E-state index in [0.717, 1.165) is 0 Å². The van der Waals surface area contributed by atoms with Crippen molar-refractivity contribution in [1.29, 1.82) is 0 Å². The van der Waals surface area contributed by atoms with Gasteiger partial charge in [0.1, 0.15) is 5.75 Å². The average molecular weight is 347 g/mol. The third-order valence-corrected chi connectivity index (χ3v) is 3.78. The zero-order valence-electron chi connectivity index (χ0n) is 11.2. The fourth-order valence-corrected chi connectivity index (χ4v) is 2.50. The second-order valence-corrected chi connectivity index (χ2v) is 5.69. The minimum atomic E-state index is -0.806. The van der Waals surface area contributed by atoms with Gasteiger partial charge in [0, 0.05) is 27.2 Å². The summed E-state index contributed by atoms with van der Waals surface area (Å²) in [4.78, 5) is 0. The second kappa shape index (κ2) is 7.23. The topological polar surface area (TPSA) is 41.5 Å². The summed E-state index contributed by atoms with van der Waals surface area (Å²) in [6.07, 6.45) is -0.806. The van der Waals surface area contributed by atoms with Gasteiger partial charge in [-0.2, -0.15) is 0 Å². The highest BCUT2D eigenvalue weighted by Crippen LogP contribution is 2.30. The predicted octanol–water partition coefficient (Wildman–Crippen LogP) is 4.80. The maximum absolute atomic E-state index is 10.2. The third-order valence-electron chi connectivity index (χ3n) is 2.96. The standard InChI is InChI=1S/C15H14Cl3NO2/c1-21-15-5-3-10(17)7-13(15)19-8-14(20)11-6-9(16)2-4-12(11)18/h2-7,14,19-20H,8H2,1H3. The number of methoxy groups -OCH3 is 1. The highest BCUT2D eigenvalue weighted by Gasteiger charge is 2.13. The summed E-state index contributed by atoms with van der Waals surface area (Å²) < 4.78 is 5.23. The van der Waals surface area contributed by atoms with Crippen LogP contribution in [0.3, 0.4) is 0 Å². The van der Waals surface area contributed by atoms with E-state index in [1.807, 2.05) is 0 Å². The van der Waals surface area contributed by atoms with E-state index in [2.05, 4.69) is 5.32 Å². The van der Waals surface area contributed by atoms with Crippen LogP contribution in [0, 0.1) is 0 Å². The normalized spacial score (nSPS) is 12.0. The molecule has 2 N–H and O–H groups in total. The molecular weight excluding hydrogens is 333 g/mol. The summed E-state index contributed by atoms with van der Waals surface area (Å²) in [7, 11) is 1.57. The van der Waals surface area contributed by atoms with Crippen molar-refractivity contribution in [3.8, 4) is 5.75 Å². The molecule has 2 rings (SSSR count). The van der Waals surface area contributed by atoms with Crippen molar-refractivity contribution in [2.75, 3.05) is 19.0 Å². The maximum Gasteiger partial charge on any atom is 0.142 e. The van der Waals surface area contributed by atoms with Crippen LogP contribution in [0.15, 0.2) is 36.4 Å². The van der Waals surface area contributed by atoms with E-state index in [9.17, 15) is 5.11 Å². The van der Waals surface area contributed by atoms with Gasteiger partial charge in [0.05, 0.1) is 18.9 Å². The van der Waals surface area contributed by atoms with Crippen molar-refractivity contribution in [2.24, 2.45) is 0 Å². The van der Waals surface area contributed by atoms with Gasteiger partial charge in [-0.1, -0.05) is 34.8 Å². The number of rotatable bonds is 5. The molecule has 0 amide bonds. The lowest BCUT2D eigenvalue weighted by Crippen LogP contribution is -2.13. The molecule has 3 nitrogen and oxygen atoms in total. The number of aliphatic hydroxyl groups is 1. The fourth-order valence-electron chi connectivity index (χ4n) is 1.90. The summed E-state index contributed by atoms with van der Waals surface area (Å²) in [6.45, 7) is 0.247. The Hall–Kier alpha value is -1.13. The molecule has 0 fully saturated rings. The number of hydrogen-bond donors (Lipinski definition) is 2. The Bertz CT molecular complexity index is 634. The highest BCUT2D eigenvalue weighted by molar-refractivity contribution is 6.33. The Morgan fingerprint density at radius 3 is 2.48 bits per heavy atom. The first-order valence-corrected chi connectivity index (χ1v) is 7.35. The molecule has 0 bridgehead atoms. The van der Waals surface area contributed by atoms with E-state index in [-0.39, 0.29) is 6.54 Å². The largest absolute Gasteiger partial charge is 0.495 e. The Kier molecular flexibility index (Phi) is 5.59. The molecule has 6 heteroatoms. The molecule has 0 radical (unpaired) electrons. The number of ether oxygens (including phenoxy) is 1. The van der Waals surface area contributed by atoms with Gasteiger partial charge >= 0.3 is 0 Å². The lowest BCUT2D eigenvalue weighted by Gasteiger charge is -2.16. The zero-order chi connectivity index (χ0) is 15.4. The van der Waals surface area contributed by atoms with E-state index in [0.29, 0.717) is 32.1 Å². The van der Waals surface area contributed by atoms with Crippen LogP contribution in [0.2, 0.25) is 15.1 Å². The van der Waals surface area contributed by atoms with Crippen LogP contribution in [0.1, 0.15) is 11.7 Å². The molecule has 2 aromatic rings. The smallest absolute Gasteiger partial charge is 0.142 e. The summed E-state index contributed by atoms with van der Waals surface area (Å²) >= 11 is 17.9. The van der Waals surface area contributed by atoms with Crippen molar-refractivity contribution in [3.05, 3.63) is 57.0 Å². The fraction of sp³-hybridized carbons (Fsp3) is 0.200. The average Bonchev–Trinajstić information content (AvgIpc) is 2.47. The molecule has 0 heterocycles. The molecule has 0 aromatic heterocycles. The minimum absolute atomic E-state index is 0.247. The van der Waals surface area contributed by atoms with Gasteiger partial charge in [0.15, 0.2) is 0 Å². The molecule has 112 valence electrons. The first-order chi connectivity index (χ1) is 10.0. The van der Waals surface area contributed by atoms with Crippen LogP contribution >= 0.6 is 34.8 Å². The zero-order valence-corrected chi connectivity index (χ0v) is 13.5. The van der Waals surface area contributed by atoms with E-state index in [1.54, 1.807) is 43.5 Å². The molecular formula is C15H14Cl3NO2. The van der Waals surface area contributed by atoms with Crippen LogP contribution in [0.5, 0.6) is 5.75 Å². The van der Waals surface area contributed by atoms with Crippen LogP contribution in [-0.2, 0) is 0 Å². The SMILES string of the molecule is COc1ccc(Cl)cc1NCC(O)c1cc(Cl)ccc1Cl. The monoisotopic (exact) mass is 345 g/mol. The van der Waals surface area contributed by atoms with Gasteiger partial charge in [-0.05, 0) is 36.4 Å². The van der Waals surface area contributed by atoms with Crippen LogP contribution in [0.25, 0.3) is 0 Å². The third kappa shape index (κ3) is 4.17. The first kappa shape index (κ1) is 16.2. The Morgan fingerprint density at radius 1 is 1.10 bits per heavy atom. The van der Waals surface area contributed by atoms with E-state index in [1.165, 1.54) is 0 Å². The quantitative estimate of drug-likeness (QED) is 0.817. The summed E-state index contributed by atoms with van der Waals surface area (Å²) in [6, 6.07) is 10.2. The molecule has 0 aliphatic carbocycles. The van der Waals surface area contributed by atoms with Crippen molar-refractivity contribution in [1.82, 2.24) is 0 Å². The molecule has 0 spiro atoms. The lowest BCUT2D eigenvalue weighted by atomic mass is 10.1. The second-order valence-electron chi connectivity index (χ2n) is 4.41. The van der Waals surface area contributed by atoms with Gasteiger partial charge in [-0.3, -0.25) is 0 Å². The van der Waals surface area contributed by atoms with Crippen LogP contribution in [-0.4, -0.2) is 18.8 Å². The molecule has 0 aliphatic rings. The Labute approximate surface area is 138 Å². The molecule has 0 saturated heterocycles. The molecule has 21 heavy (non-hydrogen) atoms. The summed E-state index contributed by atoms with van der Waals surface area (Å²) in [5.41, 5.74) is 1.26. The number of benzene rings is 2. The highest BCUT2D eigenvalue weighted by atomic mass is 35.5. The van der Waals surface area contributed by atoms with Gasteiger partial charge in [0.2, 0.25) is 0 Å². The van der Waals surface area contributed by atoms with Gasteiger partial charge in [-0.15, -0.1) is 0 Å². The molecule has 1 unspecified atom stereocenters. The molecule has 1 atom stereocenters. The number of anilines is 1. The van der Waals surface area contributed by atoms with E-state index in [4.69, 9.17) is 39.5 Å². The lowest BCUT2D eigenvalue weighted by molar-refractivity contribution is 0.191. The van der Waals surface area contributed by atoms with Crippen LogP contribution in [0.4, 0.5) is 5.69 Å². The number of hydrogen-bond acceptors (Lipinski definition) is 3. The van der Waals surface area contributed by atoms with Crippen molar-refractivity contribution in [2.45, 2.75) is 6.10 Å². The van der Waals surface area contributed by atoms with Gasteiger partial charge in [0.25, 0.3) is 0 Å². The van der Waals surface area contributed by atoms with E-state index >= 15 is 0 Å². The molecule has 0 aliphatic heterocycles. The van der Waals surface area contributed by atoms with Gasteiger partial charge in [-0.25, -0.2) is 0 Å².